The van der Waals surface area contributed by atoms with Gasteiger partial charge in [-0.25, -0.2) is 9.59 Å². The molecule has 2 aromatic rings. The molecule has 0 saturated carbocycles. The molecule has 0 fully saturated rings. The number of hydrogen-bond donors (Lipinski definition) is 1. The van der Waals surface area contributed by atoms with E-state index in [9.17, 15) is 9.59 Å². The van der Waals surface area contributed by atoms with Crippen LogP contribution < -0.4 is 10.2 Å². The van der Waals surface area contributed by atoms with Crippen molar-refractivity contribution in [1.29, 1.82) is 0 Å². The number of alkyl carbamates (subject to hydrolysis) is 1. The number of amides is 2. The van der Waals surface area contributed by atoms with Crippen molar-refractivity contribution in [2.45, 2.75) is 13.5 Å². The molecule has 132 valence electrons. The van der Waals surface area contributed by atoms with Crippen LogP contribution in [0.5, 0.6) is 0 Å². The Hall–Kier alpha value is -3.02. The zero-order chi connectivity index (χ0) is 18.1. The van der Waals surface area contributed by atoms with Gasteiger partial charge in [-0.1, -0.05) is 48.0 Å². The molecule has 0 aliphatic heterocycles. The van der Waals surface area contributed by atoms with Gasteiger partial charge >= 0.3 is 12.2 Å². The molecule has 25 heavy (non-hydrogen) atoms. The van der Waals surface area contributed by atoms with Crippen molar-refractivity contribution >= 4 is 17.9 Å². The maximum absolute atomic E-state index is 12.5. The molecule has 0 radical (unpaired) electrons. The molecule has 2 rings (SSSR count). The van der Waals surface area contributed by atoms with Crippen LogP contribution in [0.1, 0.15) is 11.1 Å². The first-order chi connectivity index (χ1) is 12.1. The second-order valence-corrected chi connectivity index (χ2v) is 5.41. The van der Waals surface area contributed by atoms with Crippen molar-refractivity contribution < 1.29 is 19.1 Å². The third kappa shape index (κ3) is 5.84. The molecule has 0 atom stereocenters. The second kappa shape index (κ2) is 9.32. The van der Waals surface area contributed by atoms with Gasteiger partial charge in [-0.15, -0.1) is 0 Å². The maximum Gasteiger partial charge on any atom is 0.414 e. The van der Waals surface area contributed by atoms with Gasteiger partial charge in [0.15, 0.2) is 0 Å². The van der Waals surface area contributed by atoms with Crippen LogP contribution in [0.4, 0.5) is 15.3 Å². The van der Waals surface area contributed by atoms with Crippen LogP contribution in [-0.4, -0.2) is 32.4 Å². The summed E-state index contributed by atoms with van der Waals surface area (Å²) in [6.07, 6.45) is -1.03. The number of nitrogens with zero attached hydrogens (tertiary/aromatic N) is 1. The van der Waals surface area contributed by atoms with Gasteiger partial charge in [-0.2, -0.15) is 0 Å². The molecule has 1 N–H and O–H groups in total. The Kier molecular flexibility index (Phi) is 6.83. The van der Waals surface area contributed by atoms with E-state index in [1.807, 2.05) is 61.5 Å². The van der Waals surface area contributed by atoms with Crippen LogP contribution in [0.2, 0.25) is 0 Å². The summed E-state index contributed by atoms with van der Waals surface area (Å²) >= 11 is 0. The second-order valence-electron chi connectivity index (χ2n) is 5.41. The highest BCUT2D eigenvalue weighted by molar-refractivity contribution is 5.87. The Morgan fingerprint density at radius 2 is 1.68 bits per heavy atom. The van der Waals surface area contributed by atoms with Gasteiger partial charge in [-0.3, -0.25) is 4.90 Å². The van der Waals surface area contributed by atoms with Crippen LogP contribution >= 0.6 is 0 Å². The summed E-state index contributed by atoms with van der Waals surface area (Å²) in [5, 5.41) is 2.37. The van der Waals surface area contributed by atoms with Gasteiger partial charge in [0.1, 0.15) is 13.2 Å². The van der Waals surface area contributed by atoms with Crippen molar-refractivity contribution in [3.8, 4) is 0 Å². The zero-order valence-electron chi connectivity index (χ0n) is 14.4. The molecule has 0 spiro atoms. The summed E-state index contributed by atoms with van der Waals surface area (Å²) in [7, 11) is 1.48. The normalized spacial score (nSPS) is 10.0. The number of anilines is 1. The number of carbonyl (C=O) groups excluding carboxylic acids is 2. The summed E-state index contributed by atoms with van der Waals surface area (Å²) in [5.41, 5.74) is 2.67. The highest BCUT2D eigenvalue weighted by atomic mass is 16.6. The molecular formula is C19H22N2O4. The van der Waals surface area contributed by atoms with Gasteiger partial charge in [0, 0.05) is 12.7 Å². The minimum Gasteiger partial charge on any atom is -0.448 e. The summed E-state index contributed by atoms with van der Waals surface area (Å²) in [6.45, 7) is 2.41. The van der Waals surface area contributed by atoms with E-state index in [0.717, 1.165) is 11.1 Å². The quantitative estimate of drug-likeness (QED) is 0.872. The number of rotatable bonds is 6. The smallest absolute Gasteiger partial charge is 0.414 e. The van der Waals surface area contributed by atoms with E-state index in [2.05, 4.69) is 5.32 Å². The van der Waals surface area contributed by atoms with Crippen molar-refractivity contribution in [3.05, 3.63) is 65.7 Å². The fraction of sp³-hybridized carbons (Fsp3) is 0.263. The molecule has 0 aliphatic carbocycles. The number of hydrogen-bond acceptors (Lipinski definition) is 4. The van der Waals surface area contributed by atoms with Crippen molar-refractivity contribution in [2.24, 2.45) is 0 Å². The Morgan fingerprint density at radius 3 is 2.32 bits per heavy atom. The van der Waals surface area contributed by atoms with E-state index < -0.39 is 12.2 Å². The molecule has 2 amide bonds. The monoisotopic (exact) mass is 342 g/mol. The number of aryl methyl sites for hydroxylation is 1. The van der Waals surface area contributed by atoms with Crippen LogP contribution in [0.25, 0.3) is 0 Å². The van der Waals surface area contributed by atoms with Gasteiger partial charge in [-0.05, 0) is 24.6 Å². The van der Waals surface area contributed by atoms with E-state index in [-0.39, 0.29) is 19.8 Å². The summed E-state index contributed by atoms with van der Waals surface area (Å²) in [5.74, 6) is 0. The van der Waals surface area contributed by atoms with Gasteiger partial charge in [0.2, 0.25) is 0 Å². The predicted octanol–water partition coefficient (Wildman–Crippen LogP) is 3.49. The number of benzene rings is 2. The molecule has 0 aliphatic rings. The fourth-order valence-corrected chi connectivity index (χ4v) is 2.15. The molecule has 2 aromatic carbocycles. The topological polar surface area (TPSA) is 67.9 Å². The van der Waals surface area contributed by atoms with E-state index in [4.69, 9.17) is 9.47 Å². The van der Waals surface area contributed by atoms with Crippen molar-refractivity contribution in [1.82, 2.24) is 5.32 Å². The molecule has 0 heterocycles. The van der Waals surface area contributed by atoms with Crippen molar-refractivity contribution in [3.63, 3.8) is 0 Å². The molecule has 0 unspecified atom stereocenters. The lowest BCUT2D eigenvalue weighted by Crippen LogP contribution is -2.35. The lowest BCUT2D eigenvalue weighted by molar-refractivity contribution is 0.137. The third-order valence-electron chi connectivity index (χ3n) is 3.52. The highest BCUT2D eigenvalue weighted by Gasteiger charge is 2.18. The van der Waals surface area contributed by atoms with Crippen molar-refractivity contribution in [2.75, 3.05) is 25.1 Å². The summed E-state index contributed by atoms with van der Waals surface area (Å²) in [6, 6.07) is 16.9. The molecule has 6 heteroatoms. The first kappa shape index (κ1) is 18.3. The highest BCUT2D eigenvalue weighted by Crippen LogP contribution is 2.17. The minimum absolute atomic E-state index is 0.0635. The fourth-order valence-electron chi connectivity index (χ4n) is 2.15. The van der Waals surface area contributed by atoms with Crippen LogP contribution in [0, 0.1) is 6.92 Å². The Morgan fingerprint density at radius 1 is 1.00 bits per heavy atom. The average molecular weight is 342 g/mol. The molecule has 0 aromatic heterocycles. The summed E-state index contributed by atoms with van der Waals surface area (Å²) < 4.78 is 10.4. The molecule has 0 saturated heterocycles. The van der Waals surface area contributed by atoms with Gasteiger partial charge < -0.3 is 14.8 Å². The third-order valence-corrected chi connectivity index (χ3v) is 3.52. The van der Waals surface area contributed by atoms with Gasteiger partial charge in [0.05, 0.1) is 6.54 Å². The largest absolute Gasteiger partial charge is 0.448 e. The van der Waals surface area contributed by atoms with E-state index in [0.29, 0.717) is 5.69 Å². The molecule has 6 nitrogen and oxygen atoms in total. The lowest BCUT2D eigenvalue weighted by atomic mass is 10.2. The molecule has 0 bridgehead atoms. The number of nitrogens with one attached hydrogen (secondary N) is 1. The Balaban J connectivity index is 2.02. The van der Waals surface area contributed by atoms with Crippen LogP contribution in [-0.2, 0) is 16.1 Å². The summed E-state index contributed by atoms with van der Waals surface area (Å²) in [4.78, 5) is 25.1. The maximum atomic E-state index is 12.5. The lowest BCUT2D eigenvalue weighted by Gasteiger charge is -2.22. The first-order valence-corrected chi connectivity index (χ1v) is 7.99. The van der Waals surface area contributed by atoms with Crippen LogP contribution in [0.15, 0.2) is 54.6 Å². The first-order valence-electron chi connectivity index (χ1n) is 7.99. The minimum atomic E-state index is -0.540. The standard InChI is InChI=1S/C19H22N2O4/c1-15-8-10-17(11-9-15)21(12-13-24-18(22)20-2)19(23)25-14-16-6-4-3-5-7-16/h3-11H,12-14H2,1-2H3,(H,20,22). The van der Waals surface area contributed by atoms with E-state index in [1.165, 1.54) is 11.9 Å². The van der Waals surface area contributed by atoms with Gasteiger partial charge in [0.25, 0.3) is 0 Å². The van der Waals surface area contributed by atoms with Crippen LogP contribution in [0.3, 0.4) is 0 Å². The zero-order valence-corrected chi connectivity index (χ0v) is 14.4. The number of carbonyl (C=O) groups is 2. The molecular weight excluding hydrogens is 320 g/mol. The number of ether oxygens (including phenoxy) is 2. The Bertz CT molecular complexity index is 686. The van der Waals surface area contributed by atoms with E-state index >= 15 is 0 Å². The van der Waals surface area contributed by atoms with E-state index in [1.54, 1.807) is 0 Å². The Labute approximate surface area is 147 Å². The average Bonchev–Trinajstić information content (AvgIpc) is 2.65. The predicted molar refractivity (Wildman–Crippen MR) is 95.6 cm³/mol. The SMILES string of the molecule is CNC(=O)OCCN(C(=O)OCc1ccccc1)c1ccc(C)cc1.